The van der Waals surface area contributed by atoms with Gasteiger partial charge < -0.3 is 35.2 Å². The second-order valence-corrected chi connectivity index (χ2v) is 18.4. The number of amides is 4. The van der Waals surface area contributed by atoms with Crippen LogP contribution in [0.25, 0.3) is 0 Å². The van der Waals surface area contributed by atoms with Crippen molar-refractivity contribution in [2.45, 2.75) is 143 Å². The maximum atomic E-state index is 14.6. The summed E-state index contributed by atoms with van der Waals surface area (Å²) in [6, 6.07) is 5.58. The van der Waals surface area contributed by atoms with Crippen LogP contribution >= 0.6 is 0 Å². The van der Waals surface area contributed by atoms with Crippen molar-refractivity contribution in [2.24, 2.45) is 29.6 Å². The van der Waals surface area contributed by atoms with Crippen LogP contribution in [0.3, 0.4) is 0 Å². The molecule has 0 radical (unpaired) electrons. The van der Waals surface area contributed by atoms with Crippen LogP contribution < -0.4 is 16.0 Å². The summed E-state index contributed by atoms with van der Waals surface area (Å²) in [4.78, 5) is 75.0. The lowest BCUT2D eigenvalue weighted by atomic mass is 9.86. The first-order chi connectivity index (χ1) is 29.4. The third-order valence-corrected chi connectivity index (χ3v) is 13.4. The SMILES string of the molecule is CC[C@H](C)[C@@H]([C@@H](CC(=O)N1CCC[C@H]1[C@H](C)[C@@H](C)C(=O)N[C@@H](CC1=CCCC=C1)C(=O)OC)OC)N(C)C(=O)[C@@H](NC(=O)[C@H](C(C)C)N(C)CCc1ccc(NC)cc1)C(C)C. The average molecular weight is 865 g/mol. The van der Waals surface area contributed by atoms with Crippen molar-refractivity contribution >= 4 is 35.3 Å². The average Bonchev–Trinajstić information content (AvgIpc) is 3.76. The normalized spacial score (nSPS) is 19.2. The van der Waals surface area contributed by atoms with Gasteiger partial charge in [-0.3, -0.25) is 24.1 Å². The first kappa shape index (κ1) is 52.1. The minimum atomic E-state index is -0.809. The van der Waals surface area contributed by atoms with Gasteiger partial charge in [0.2, 0.25) is 23.6 Å². The van der Waals surface area contributed by atoms with Gasteiger partial charge in [-0.05, 0) is 86.1 Å². The highest BCUT2D eigenvalue weighted by Gasteiger charge is 2.42. The summed E-state index contributed by atoms with van der Waals surface area (Å²) in [5.74, 6) is -2.17. The van der Waals surface area contributed by atoms with Crippen molar-refractivity contribution in [3.05, 3.63) is 53.6 Å². The number of likely N-dealkylation sites (N-methyl/N-ethyl adjacent to an activating group) is 2. The molecule has 4 amide bonds. The number of nitrogens with zero attached hydrogens (tertiary/aromatic N) is 3. The smallest absolute Gasteiger partial charge is 0.328 e. The monoisotopic (exact) mass is 865 g/mol. The van der Waals surface area contributed by atoms with E-state index >= 15 is 0 Å². The molecule has 348 valence electrons. The van der Waals surface area contributed by atoms with Crippen molar-refractivity contribution in [3.8, 4) is 0 Å². The molecule has 0 saturated carbocycles. The van der Waals surface area contributed by atoms with E-state index in [4.69, 9.17) is 9.47 Å². The van der Waals surface area contributed by atoms with E-state index in [2.05, 4.69) is 59.0 Å². The van der Waals surface area contributed by atoms with Gasteiger partial charge in [0.1, 0.15) is 12.1 Å². The van der Waals surface area contributed by atoms with Gasteiger partial charge >= 0.3 is 5.97 Å². The van der Waals surface area contributed by atoms with Gasteiger partial charge in [-0.15, -0.1) is 0 Å². The third-order valence-electron chi connectivity index (χ3n) is 13.4. The van der Waals surface area contributed by atoms with E-state index in [0.717, 1.165) is 49.8 Å². The maximum absolute atomic E-state index is 14.6. The number of likely N-dealkylation sites (tertiary alicyclic amines) is 1. The molecule has 13 heteroatoms. The van der Waals surface area contributed by atoms with Crippen LogP contribution in [0.15, 0.2) is 48.1 Å². The number of benzene rings is 1. The number of carbonyl (C=O) groups is 5. The van der Waals surface area contributed by atoms with Crippen LogP contribution in [0.2, 0.25) is 0 Å². The first-order valence-electron chi connectivity index (χ1n) is 23.0. The van der Waals surface area contributed by atoms with Crippen LogP contribution in [0.1, 0.15) is 106 Å². The van der Waals surface area contributed by atoms with Crippen molar-refractivity contribution in [1.82, 2.24) is 25.3 Å². The Labute approximate surface area is 373 Å². The fraction of sp³-hybridized carbons (Fsp3) is 0.694. The maximum Gasteiger partial charge on any atom is 0.328 e. The Kier molecular flexibility index (Phi) is 21.2. The summed E-state index contributed by atoms with van der Waals surface area (Å²) < 4.78 is 11.1. The van der Waals surface area contributed by atoms with Crippen LogP contribution in [-0.2, 0) is 39.9 Å². The topological polar surface area (TPSA) is 150 Å². The molecule has 0 aromatic heterocycles. The molecule has 0 spiro atoms. The molecule has 1 aliphatic heterocycles. The predicted molar refractivity (Wildman–Crippen MR) is 247 cm³/mol. The fourth-order valence-electron chi connectivity index (χ4n) is 9.20. The van der Waals surface area contributed by atoms with E-state index in [-0.39, 0.29) is 59.8 Å². The van der Waals surface area contributed by atoms with Gasteiger partial charge in [0, 0.05) is 58.4 Å². The van der Waals surface area contributed by atoms with Crippen molar-refractivity contribution < 1.29 is 33.4 Å². The molecule has 1 fully saturated rings. The molecule has 1 heterocycles. The van der Waals surface area contributed by atoms with Crippen LogP contribution in [0.4, 0.5) is 5.69 Å². The molecule has 13 nitrogen and oxygen atoms in total. The zero-order valence-electron chi connectivity index (χ0n) is 40.2. The lowest BCUT2D eigenvalue weighted by Gasteiger charge is -2.41. The Morgan fingerprint density at radius 2 is 1.58 bits per heavy atom. The summed E-state index contributed by atoms with van der Waals surface area (Å²) in [7, 11) is 8.51. The van der Waals surface area contributed by atoms with E-state index < -0.39 is 42.2 Å². The van der Waals surface area contributed by atoms with E-state index in [1.54, 1.807) is 19.1 Å². The number of anilines is 1. The van der Waals surface area contributed by atoms with E-state index in [9.17, 15) is 24.0 Å². The van der Waals surface area contributed by atoms with E-state index in [0.29, 0.717) is 19.5 Å². The minimum Gasteiger partial charge on any atom is -0.467 e. The van der Waals surface area contributed by atoms with Crippen LogP contribution in [0, 0.1) is 29.6 Å². The standard InChI is InChI=1S/C49H80N6O7/c1-14-33(6)45(54(11)48(59)43(31(2)3)52-47(58)44(32(4)5)53(10)28-26-36-22-24-38(50-9)25-23-36)41(61-12)30-42(56)55-27-18-21-40(55)34(7)35(8)46(57)51-39(49(60)62-13)29-37-19-16-15-17-20-37/h16,19-20,22-25,31-35,39-41,43-45,50H,14-15,17-18,21,26-30H2,1-13H3,(H,51,57)(H,52,58)/t33-,34+,35+,39-,40-,41+,43-,44-,45-/m0/s1. The lowest BCUT2D eigenvalue weighted by molar-refractivity contribution is -0.147. The third kappa shape index (κ3) is 14.1. The first-order valence-corrected chi connectivity index (χ1v) is 23.0. The second-order valence-electron chi connectivity index (χ2n) is 18.4. The zero-order valence-corrected chi connectivity index (χ0v) is 40.2. The summed E-state index contributed by atoms with van der Waals surface area (Å²) in [6.45, 7) is 17.1. The van der Waals surface area contributed by atoms with Gasteiger partial charge in [0.15, 0.2) is 0 Å². The highest BCUT2D eigenvalue weighted by Crippen LogP contribution is 2.32. The molecular formula is C49H80N6O7. The molecule has 0 unspecified atom stereocenters. The molecule has 0 bridgehead atoms. The number of allylic oxidation sites excluding steroid dienone is 3. The van der Waals surface area contributed by atoms with Crippen LogP contribution in [0.5, 0.6) is 0 Å². The van der Waals surface area contributed by atoms with E-state index in [1.807, 2.05) is 78.7 Å². The fourth-order valence-corrected chi connectivity index (χ4v) is 9.20. The predicted octanol–water partition coefficient (Wildman–Crippen LogP) is 6.23. The Morgan fingerprint density at radius 1 is 0.903 bits per heavy atom. The van der Waals surface area contributed by atoms with E-state index in [1.165, 1.54) is 12.7 Å². The van der Waals surface area contributed by atoms with Crippen molar-refractivity contribution in [3.63, 3.8) is 0 Å². The number of hydrogen-bond acceptors (Lipinski definition) is 9. The molecule has 62 heavy (non-hydrogen) atoms. The number of ether oxygens (including phenoxy) is 2. The van der Waals surface area contributed by atoms with Crippen molar-refractivity contribution in [2.75, 3.05) is 53.8 Å². The Bertz CT molecular complexity index is 1680. The summed E-state index contributed by atoms with van der Waals surface area (Å²) in [5, 5.41) is 9.23. The highest BCUT2D eigenvalue weighted by atomic mass is 16.5. The number of esters is 1. The minimum absolute atomic E-state index is 0.00267. The summed E-state index contributed by atoms with van der Waals surface area (Å²) in [6.07, 6.45) is 10.8. The molecule has 2 aliphatic rings. The van der Waals surface area contributed by atoms with Gasteiger partial charge in [-0.25, -0.2) is 4.79 Å². The highest BCUT2D eigenvalue weighted by molar-refractivity contribution is 5.90. The number of nitrogens with one attached hydrogen (secondary N) is 3. The quantitative estimate of drug-likeness (QED) is 0.103. The Morgan fingerprint density at radius 3 is 2.13 bits per heavy atom. The number of rotatable bonds is 24. The molecule has 3 rings (SSSR count). The summed E-state index contributed by atoms with van der Waals surface area (Å²) >= 11 is 0. The second kappa shape index (κ2) is 25.2. The van der Waals surface area contributed by atoms with Gasteiger partial charge in [0.05, 0.1) is 31.7 Å². The van der Waals surface area contributed by atoms with Gasteiger partial charge in [-0.2, -0.15) is 0 Å². The van der Waals surface area contributed by atoms with Crippen molar-refractivity contribution in [1.29, 1.82) is 0 Å². The summed E-state index contributed by atoms with van der Waals surface area (Å²) in [5.41, 5.74) is 3.21. The molecule has 1 saturated heterocycles. The van der Waals surface area contributed by atoms with Crippen LogP contribution in [-0.4, -0.2) is 129 Å². The largest absolute Gasteiger partial charge is 0.467 e. The molecule has 3 N–H and O–H groups in total. The number of methoxy groups -OCH3 is 2. The molecular weight excluding hydrogens is 785 g/mol. The van der Waals surface area contributed by atoms with Gasteiger partial charge in [-0.1, -0.05) is 92.2 Å². The molecule has 9 atom stereocenters. The molecule has 1 aromatic rings. The Balaban J connectivity index is 1.74. The Hall–Kier alpha value is -4.23. The molecule has 1 aromatic carbocycles. The number of carbonyl (C=O) groups excluding carboxylic acids is 5. The number of hydrogen-bond donors (Lipinski definition) is 3. The molecule has 1 aliphatic carbocycles. The lowest BCUT2D eigenvalue weighted by Crippen LogP contribution is -2.60. The van der Waals surface area contributed by atoms with Gasteiger partial charge in [0.25, 0.3) is 0 Å². The zero-order chi connectivity index (χ0) is 46.3.